The average molecular weight is 414 g/mol. The van der Waals surface area contributed by atoms with E-state index >= 15 is 0 Å². The minimum absolute atomic E-state index is 0.306. The summed E-state index contributed by atoms with van der Waals surface area (Å²) in [4.78, 5) is 14.0. The largest absolute Gasteiger partial charge is 0.442 e. The fraction of sp³-hybridized carbons (Fsp3) is 0.200. The van der Waals surface area contributed by atoms with Crippen LogP contribution in [0.4, 0.5) is 14.9 Å². The van der Waals surface area contributed by atoms with Crippen LogP contribution in [0.2, 0.25) is 0 Å². The molecule has 0 radical (unpaired) electrons. The van der Waals surface area contributed by atoms with Gasteiger partial charge in [0.05, 0.1) is 28.5 Å². The molecule has 1 aliphatic heterocycles. The Bertz CT molecular complexity index is 1140. The first-order valence-corrected chi connectivity index (χ1v) is 10.9. The van der Waals surface area contributed by atoms with E-state index in [0.717, 1.165) is 0 Å². The Hall–Kier alpha value is -3.20. The molecule has 0 aliphatic carbocycles. The van der Waals surface area contributed by atoms with E-state index in [2.05, 4.69) is 5.10 Å². The average Bonchev–Trinajstić information content (AvgIpc) is 3.31. The fourth-order valence-corrected chi connectivity index (χ4v) is 3.90. The second kappa shape index (κ2) is 7.32. The highest BCUT2D eigenvalue weighted by atomic mass is 32.2. The minimum Gasteiger partial charge on any atom is -0.442 e. The molecule has 1 aromatic heterocycles. The van der Waals surface area contributed by atoms with Crippen molar-refractivity contribution < 1.29 is 18.1 Å². The molecule has 1 N–H and O–H groups in total. The lowest BCUT2D eigenvalue weighted by atomic mass is 10.0. The molecule has 2 atom stereocenters. The fourth-order valence-electron chi connectivity index (χ4n) is 3.24. The molecule has 0 spiro atoms. The van der Waals surface area contributed by atoms with Crippen LogP contribution in [0.25, 0.3) is 11.1 Å². The zero-order valence-electron chi connectivity index (χ0n) is 15.6. The van der Waals surface area contributed by atoms with Crippen LogP contribution in [0.5, 0.6) is 0 Å². The summed E-state index contributed by atoms with van der Waals surface area (Å²) in [5, 5.41) is 4.10. The van der Waals surface area contributed by atoms with E-state index < -0.39 is 21.6 Å². The normalized spacial score (nSPS) is 18.5. The van der Waals surface area contributed by atoms with Crippen molar-refractivity contribution in [3.05, 3.63) is 66.7 Å². The van der Waals surface area contributed by atoms with Crippen LogP contribution < -0.4 is 4.90 Å². The van der Waals surface area contributed by atoms with Gasteiger partial charge in [0.1, 0.15) is 11.9 Å². The molecule has 3 aromatic rings. The molecular formula is C20H19FN4O3S. The summed E-state index contributed by atoms with van der Waals surface area (Å²) in [7, 11) is -2.82. The number of cyclic esters (lactones) is 1. The molecule has 0 saturated carbocycles. The van der Waals surface area contributed by atoms with Crippen LogP contribution in [0, 0.1) is 10.6 Å². The number of rotatable bonds is 5. The van der Waals surface area contributed by atoms with Gasteiger partial charge in [-0.25, -0.2) is 18.2 Å². The third-order valence-electron chi connectivity index (χ3n) is 4.70. The molecule has 0 bridgehead atoms. The van der Waals surface area contributed by atoms with Gasteiger partial charge in [-0.15, -0.1) is 0 Å². The lowest BCUT2D eigenvalue weighted by Gasteiger charge is -2.14. The quantitative estimate of drug-likeness (QED) is 0.689. The number of nitrogens with zero attached hydrogens (tertiary/aromatic N) is 3. The molecule has 2 aromatic carbocycles. The molecule has 4 rings (SSSR count). The topological polar surface area (TPSA) is 88.3 Å². The van der Waals surface area contributed by atoms with Gasteiger partial charge >= 0.3 is 6.09 Å². The van der Waals surface area contributed by atoms with E-state index in [-0.39, 0.29) is 6.10 Å². The number of hydrogen-bond donors (Lipinski definition) is 1. The van der Waals surface area contributed by atoms with Crippen LogP contribution in [0.3, 0.4) is 0 Å². The predicted molar refractivity (Wildman–Crippen MR) is 107 cm³/mol. The Morgan fingerprint density at radius 1 is 1.28 bits per heavy atom. The van der Waals surface area contributed by atoms with Crippen LogP contribution >= 0.6 is 0 Å². The first-order chi connectivity index (χ1) is 13.8. The Balaban J connectivity index is 1.53. The van der Waals surface area contributed by atoms with E-state index in [0.29, 0.717) is 34.8 Å². The standard InChI is InChI=1S/C20H19FN4O3S/c1-29(22,27)17-6-3-14(4-7-17)18-8-5-15(11-19(18)21)25-13-16(28-20(25)26)12-24-10-2-9-23-24/h2-11,16,22H,12-13H2,1H3. The number of carbonyl (C=O) groups excluding carboxylic acids is 1. The monoisotopic (exact) mass is 414 g/mol. The van der Waals surface area contributed by atoms with Crippen molar-refractivity contribution in [1.29, 1.82) is 4.78 Å². The summed E-state index contributed by atoms with van der Waals surface area (Å²) < 4.78 is 41.2. The Labute approximate surface area is 167 Å². The third-order valence-corrected chi connectivity index (χ3v) is 5.88. The van der Waals surface area contributed by atoms with E-state index in [1.807, 2.05) is 0 Å². The van der Waals surface area contributed by atoms with E-state index in [9.17, 15) is 13.4 Å². The lowest BCUT2D eigenvalue weighted by Crippen LogP contribution is -2.26. The Kier molecular flexibility index (Phi) is 4.83. The van der Waals surface area contributed by atoms with Crippen LogP contribution in [-0.2, 0) is 21.0 Å². The molecule has 1 saturated heterocycles. The highest BCUT2D eigenvalue weighted by Crippen LogP contribution is 2.30. The number of halogens is 1. The molecule has 1 amide bonds. The van der Waals surface area contributed by atoms with Crippen molar-refractivity contribution in [3.8, 4) is 11.1 Å². The highest BCUT2D eigenvalue weighted by Gasteiger charge is 2.33. The lowest BCUT2D eigenvalue weighted by molar-refractivity contribution is 0.129. The van der Waals surface area contributed by atoms with Gasteiger partial charge in [-0.1, -0.05) is 12.1 Å². The number of ether oxygens (including phenoxy) is 1. The number of hydrogen-bond acceptors (Lipinski definition) is 5. The summed E-state index contributed by atoms with van der Waals surface area (Å²) in [6.07, 6.45) is 3.89. The summed E-state index contributed by atoms with van der Waals surface area (Å²) in [6, 6.07) is 12.7. The van der Waals surface area contributed by atoms with Crippen molar-refractivity contribution in [2.75, 3.05) is 17.7 Å². The number of anilines is 1. The maximum atomic E-state index is 14.8. The Morgan fingerprint density at radius 2 is 2.03 bits per heavy atom. The maximum absolute atomic E-state index is 14.8. The summed E-state index contributed by atoms with van der Waals surface area (Å²) in [5.41, 5.74) is 1.37. The van der Waals surface area contributed by atoms with Crippen molar-refractivity contribution in [3.63, 3.8) is 0 Å². The van der Waals surface area contributed by atoms with Gasteiger partial charge in [0.2, 0.25) is 0 Å². The van der Waals surface area contributed by atoms with Crippen LogP contribution in [0.1, 0.15) is 0 Å². The summed E-state index contributed by atoms with van der Waals surface area (Å²) >= 11 is 0. The molecule has 150 valence electrons. The molecular weight excluding hydrogens is 395 g/mol. The van der Waals surface area contributed by atoms with Crippen LogP contribution in [-0.4, -0.2) is 39.0 Å². The van der Waals surface area contributed by atoms with Crippen LogP contribution in [0.15, 0.2) is 65.8 Å². The van der Waals surface area contributed by atoms with E-state index in [1.165, 1.54) is 17.2 Å². The summed E-state index contributed by atoms with van der Waals surface area (Å²) in [5.74, 6) is -0.485. The van der Waals surface area contributed by atoms with Gasteiger partial charge in [-0.3, -0.25) is 9.58 Å². The first kappa shape index (κ1) is 19.1. The van der Waals surface area contributed by atoms with Crippen molar-refractivity contribution in [1.82, 2.24) is 9.78 Å². The van der Waals surface area contributed by atoms with Gasteiger partial charge < -0.3 is 4.74 Å². The van der Waals surface area contributed by atoms with Gasteiger partial charge in [0.15, 0.2) is 0 Å². The van der Waals surface area contributed by atoms with Gasteiger partial charge in [0, 0.05) is 29.1 Å². The molecule has 9 heteroatoms. The van der Waals surface area contributed by atoms with Gasteiger partial charge in [-0.05, 0) is 42.0 Å². The zero-order valence-corrected chi connectivity index (χ0v) is 16.4. The number of aromatic nitrogens is 2. The molecule has 7 nitrogen and oxygen atoms in total. The van der Waals surface area contributed by atoms with Gasteiger partial charge in [0.25, 0.3) is 0 Å². The van der Waals surface area contributed by atoms with Crippen molar-refractivity contribution in [2.45, 2.75) is 17.5 Å². The maximum Gasteiger partial charge on any atom is 0.414 e. The predicted octanol–water partition coefficient (Wildman–Crippen LogP) is 3.75. The number of benzene rings is 2. The minimum atomic E-state index is -2.82. The molecule has 2 unspecified atom stereocenters. The van der Waals surface area contributed by atoms with Crippen molar-refractivity contribution in [2.24, 2.45) is 0 Å². The molecule has 1 aliphatic rings. The third kappa shape index (κ3) is 4.00. The van der Waals surface area contributed by atoms with Crippen molar-refractivity contribution >= 4 is 21.5 Å². The number of amides is 1. The molecule has 2 heterocycles. The zero-order chi connectivity index (χ0) is 20.6. The van der Waals surface area contributed by atoms with E-state index in [4.69, 9.17) is 9.52 Å². The number of nitrogens with one attached hydrogen (secondary N) is 1. The number of carbonyl (C=O) groups is 1. The summed E-state index contributed by atoms with van der Waals surface area (Å²) in [6.45, 7) is 0.735. The first-order valence-electron chi connectivity index (χ1n) is 8.90. The van der Waals surface area contributed by atoms with Gasteiger partial charge in [-0.2, -0.15) is 5.10 Å². The second-order valence-electron chi connectivity index (χ2n) is 6.88. The molecule has 29 heavy (non-hydrogen) atoms. The second-order valence-corrected chi connectivity index (χ2v) is 9.04. The highest BCUT2D eigenvalue weighted by molar-refractivity contribution is 7.91. The SMILES string of the molecule is CS(=N)(=O)c1ccc(-c2ccc(N3CC(Cn4cccn4)OC3=O)cc2F)cc1. The molecule has 1 fully saturated rings. The Morgan fingerprint density at radius 3 is 2.66 bits per heavy atom. The van der Waals surface area contributed by atoms with E-state index in [1.54, 1.807) is 59.5 Å². The smallest absolute Gasteiger partial charge is 0.414 e.